The fraction of sp³-hybridized carbons (Fsp3) is 0.583. The molecular weight excluding hydrogens is 309 g/mol. The summed E-state index contributed by atoms with van der Waals surface area (Å²) in [6, 6.07) is 4.07. The molecule has 1 atom stereocenters. The summed E-state index contributed by atoms with van der Waals surface area (Å²) in [6.07, 6.45) is -2.27. The smallest absolute Gasteiger partial charge is 0.356 e. The van der Waals surface area contributed by atoms with E-state index in [-0.39, 0.29) is 0 Å². The van der Waals surface area contributed by atoms with Crippen LogP contribution in [0.1, 0.15) is 18.5 Å². The van der Waals surface area contributed by atoms with Crippen molar-refractivity contribution in [2.75, 3.05) is 23.3 Å². The number of halogens is 4. The molecule has 1 fully saturated rings. The van der Waals surface area contributed by atoms with Crippen LogP contribution >= 0.6 is 15.9 Å². The number of hydrogen-bond donors (Lipinski definition) is 0. The van der Waals surface area contributed by atoms with Gasteiger partial charge in [0.2, 0.25) is 0 Å². The molecule has 2 nitrogen and oxygen atoms in total. The zero-order chi connectivity index (χ0) is 13.2. The van der Waals surface area contributed by atoms with E-state index in [1.54, 1.807) is 6.07 Å². The van der Waals surface area contributed by atoms with E-state index in [9.17, 15) is 13.2 Å². The molecule has 0 N–H and O–H groups in total. The Hall–Kier alpha value is -0.780. The van der Waals surface area contributed by atoms with Gasteiger partial charge in [-0.1, -0.05) is 22.0 Å². The normalized spacial score (nSPS) is 21.1. The average Bonchev–Trinajstić information content (AvgIpc) is 2.38. The lowest BCUT2D eigenvalue weighted by Gasteiger charge is -2.33. The number of aromatic nitrogens is 1. The molecule has 1 saturated heterocycles. The van der Waals surface area contributed by atoms with Crippen LogP contribution in [0.15, 0.2) is 18.2 Å². The molecule has 2 rings (SSSR count). The molecule has 0 amide bonds. The Morgan fingerprint density at radius 1 is 1.39 bits per heavy atom. The third-order valence-corrected chi connectivity index (χ3v) is 4.00. The number of hydrogen-bond acceptors (Lipinski definition) is 2. The Morgan fingerprint density at radius 3 is 2.83 bits per heavy atom. The van der Waals surface area contributed by atoms with Crippen molar-refractivity contribution >= 4 is 21.7 Å². The van der Waals surface area contributed by atoms with Crippen LogP contribution in [0.3, 0.4) is 0 Å². The number of pyridine rings is 1. The highest BCUT2D eigenvalue weighted by atomic mass is 79.9. The van der Waals surface area contributed by atoms with Gasteiger partial charge in [0.05, 0.1) is 0 Å². The summed E-state index contributed by atoms with van der Waals surface area (Å²) in [5.41, 5.74) is -0.819. The first-order valence-electron chi connectivity index (χ1n) is 5.86. The summed E-state index contributed by atoms with van der Waals surface area (Å²) < 4.78 is 37.8. The second-order valence-electron chi connectivity index (χ2n) is 4.49. The van der Waals surface area contributed by atoms with Gasteiger partial charge in [-0.2, -0.15) is 13.2 Å². The maximum absolute atomic E-state index is 12.6. The van der Waals surface area contributed by atoms with Gasteiger partial charge in [0, 0.05) is 18.4 Å². The van der Waals surface area contributed by atoms with Gasteiger partial charge >= 0.3 is 6.18 Å². The van der Waals surface area contributed by atoms with E-state index < -0.39 is 11.9 Å². The Labute approximate surface area is 112 Å². The van der Waals surface area contributed by atoms with Gasteiger partial charge in [-0.15, -0.1) is 0 Å². The fourth-order valence-corrected chi connectivity index (χ4v) is 2.68. The van der Waals surface area contributed by atoms with E-state index in [0.29, 0.717) is 11.7 Å². The first-order chi connectivity index (χ1) is 8.50. The Balaban J connectivity index is 2.18. The maximum Gasteiger partial charge on any atom is 0.433 e. The van der Waals surface area contributed by atoms with Crippen LogP contribution in [0.2, 0.25) is 0 Å². The summed E-state index contributed by atoms with van der Waals surface area (Å²) >= 11 is 3.43. The van der Waals surface area contributed by atoms with Crippen LogP contribution in [0, 0.1) is 5.92 Å². The zero-order valence-corrected chi connectivity index (χ0v) is 11.3. The largest absolute Gasteiger partial charge is 0.433 e. The molecular formula is C12H14BrF3N2. The molecule has 1 aliphatic heterocycles. The molecule has 6 heteroatoms. The van der Waals surface area contributed by atoms with E-state index in [0.717, 1.165) is 37.3 Å². The van der Waals surface area contributed by atoms with Crippen molar-refractivity contribution in [3.05, 3.63) is 23.9 Å². The summed E-state index contributed by atoms with van der Waals surface area (Å²) in [5, 5.41) is 0.877. The maximum atomic E-state index is 12.6. The predicted octanol–water partition coefficient (Wildman–Crippen LogP) is 3.71. The minimum Gasteiger partial charge on any atom is -0.356 e. The van der Waals surface area contributed by atoms with Gasteiger partial charge < -0.3 is 4.90 Å². The molecule has 100 valence electrons. The van der Waals surface area contributed by atoms with Crippen molar-refractivity contribution < 1.29 is 13.2 Å². The quantitative estimate of drug-likeness (QED) is 0.772. The standard InChI is InChI=1S/C12H14BrF3N2/c13-7-9-3-2-6-18(8-9)11-5-1-4-10(17-11)12(14,15)16/h1,4-5,9H,2-3,6-8H2. The molecule has 18 heavy (non-hydrogen) atoms. The molecule has 0 aliphatic carbocycles. The van der Waals surface area contributed by atoms with Crippen molar-refractivity contribution in [1.82, 2.24) is 4.98 Å². The van der Waals surface area contributed by atoms with E-state index in [2.05, 4.69) is 20.9 Å². The van der Waals surface area contributed by atoms with Crippen molar-refractivity contribution in [2.24, 2.45) is 5.92 Å². The monoisotopic (exact) mass is 322 g/mol. The fourth-order valence-electron chi connectivity index (χ4n) is 2.16. The number of nitrogens with zero attached hydrogens (tertiary/aromatic N) is 2. The topological polar surface area (TPSA) is 16.1 Å². The van der Waals surface area contributed by atoms with Gasteiger partial charge in [-0.25, -0.2) is 4.98 Å². The van der Waals surface area contributed by atoms with Crippen molar-refractivity contribution in [2.45, 2.75) is 19.0 Å². The van der Waals surface area contributed by atoms with Crippen LogP contribution in [-0.4, -0.2) is 23.4 Å². The molecule has 0 saturated carbocycles. The molecule has 1 aliphatic rings. The molecule has 0 bridgehead atoms. The highest BCUT2D eigenvalue weighted by molar-refractivity contribution is 9.09. The van der Waals surface area contributed by atoms with E-state index in [1.807, 2.05) is 4.90 Å². The van der Waals surface area contributed by atoms with Crippen LogP contribution in [0.5, 0.6) is 0 Å². The zero-order valence-electron chi connectivity index (χ0n) is 9.75. The second kappa shape index (κ2) is 5.47. The van der Waals surface area contributed by atoms with Gasteiger partial charge in [0.25, 0.3) is 0 Å². The third-order valence-electron chi connectivity index (χ3n) is 3.09. The lowest BCUT2D eigenvalue weighted by Crippen LogP contribution is -2.36. The van der Waals surface area contributed by atoms with Gasteiger partial charge in [-0.05, 0) is 30.9 Å². The Bertz CT molecular complexity index is 409. The molecule has 0 radical (unpaired) electrons. The summed E-state index contributed by atoms with van der Waals surface area (Å²) in [6.45, 7) is 1.54. The predicted molar refractivity (Wildman–Crippen MR) is 68.0 cm³/mol. The highest BCUT2D eigenvalue weighted by Gasteiger charge is 2.33. The minimum absolute atomic E-state index is 0.426. The Kier molecular flexibility index (Phi) is 4.14. The summed E-state index contributed by atoms with van der Waals surface area (Å²) in [5.74, 6) is 0.908. The SMILES string of the molecule is FC(F)(F)c1cccc(N2CCCC(CBr)C2)n1. The van der Waals surface area contributed by atoms with Crippen molar-refractivity contribution in [3.63, 3.8) is 0 Å². The molecule has 1 aromatic heterocycles. The van der Waals surface area contributed by atoms with Gasteiger partial charge in [0.1, 0.15) is 11.5 Å². The minimum atomic E-state index is -4.37. The van der Waals surface area contributed by atoms with Crippen molar-refractivity contribution in [1.29, 1.82) is 0 Å². The van der Waals surface area contributed by atoms with E-state index in [1.165, 1.54) is 6.07 Å². The summed E-state index contributed by atoms with van der Waals surface area (Å²) in [4.78, 5) is 5.66. The van der Waals surface area contributed by atoms with Gasteiger partial charge in [0.15, 0.2) is 0 Å². The lowest BCUT2D eigenvalue weighted by atomic mass is 10.0. The highest BCUT2D eigenvalue weighted by Crippen LogP contribution is 2.30. The first-order valence-corrected chi connectivity index (χ1v) is 6.98. The average molecular weight is 323 g/mol. The van der Waals surface area contributed by atoms with Crippen LogP contribution in [-0.2, 0) is 6.18 Å². The van der Waals surface area contributed by atoms with Gasteiger partial charge in [-0.3, -0.25) is 0 Å². The summed E-state index contributed by atoms with van der Waals surface area (Å²) in [7, 11) is 0. The number of piperidine rings is 1. The molecule has 0 spiro atoms. The molecule has 2 heterocycles. The molecule has 1 unspecified atom stereocenters. The lowest BCUT2D eigenvalue weighted by molar-refractivity contribution is -0.141. The number of rotatable bonds is 2. The molecule has 1 aromatic rings. The number of anilines is 1. The van der Waals surface area contributed by atoms with Crippen LogP contribution in [0.4, 0.5) is 19.0 Å². The van der Waals surface area contributed by atoms with E-state index >= 15 is 0 Å². The number of alkyl halides is 4. The van der Waals surface area contributed by atoms with Crippen molar-refractivity contribution in [3.8, 4) is 0 Å². The first kappa shape index (κ1) is 13.6. The Morgan fingerprint density at radius 2 is 2.17 bits per heavy atom. The van der Waals surface area contributed by atoms with Crippen LogP contribution in [0.25, 0.3) is 0 Å². The third kappa shape index (κ3) is 3.16. The second-order valence-corrected chi connectivity index (χ2v) is 5.13. The van der Waals surface area contributed by atoms with Crippen LogP contribution < -0.4 is 4.90 Å². The van der Waals surface area contributed by atoms with E-state index in [4.69, 9.17) is 0 Å². The molecule has 0 aromatic carbocycles.